The summed E-state index contributed by atoms with van der Waals surface area (Å²) in [6.45, 7) is 4.03. The van der Waals surface area contributed by atoms with Crippen molar-refractivity contribution in [3.8, 4) is 0 Å². The van der Waals surface area contributed by atoms with Gasteiger partial charge < -0.3 is 10.6 Å². The first kappa shape index (κ1) is 22.6. The molecule has 4 heteroatoms. The van der Waals surface area contributed by atoms with E-state index < -0.39 is 6.04 Å². The summed E-state index contributed by atoms with van der Waals surface area (Å²) in [7, 11) is 0. The molecule has 0 aliphatic carbocycles. The van der Waals surface area contributed by atoms with Gasteiger partial charge in [-0.25, -0.2) is 0 Å². The number of carbonyl (C=O) groups excluding carboxylic acids is 2. The molecule has 0 saturated carbocycles. The van der Waals surface area contributed by atoms with E-state index in [1.54, 1.807) is 0 Å². The van der Waals surface area contributed by atoms with E-state index in [1.165, 1.54) is 32.1 Å². The number of unbranched alkanes of at least 4 members (excludes halogenated alkanes) is 5. The molecule has 0 spiro atoms. The maximum absolute atomic E-state index is 12.5. The first-order valence-corrected chi connectivity index (χ1v) is 11.3. The molecule has 0 bridgehead atoms. The zero-order valence-electron chi connectivity index (χ0n) is 17.6. The van der Waals surface area contributed by atoms with Gasteiger partial charge in [-0.3, -0.25) is 9.59 Å². The molecular weight excluding hydrogens is 348 g/mol. The van der Waals surface area contributed by atoms with Crippen LogP contribution in [0.5, 0.6) is 0 Å². The number of nitrogens with two attached hydrogens (primary N) is 1. The summed E-state index contributed by atoms with van der Waals surface area (Å²) in [6, 6.07) is 7.26. The fourth-order valence-electron chi connectivity index (χ4n) is 3.88. The number of ketones is 1. The van der Waals surface area contributed by atoms with Gasteiger partial charge in [0.25, 0.3) is 0 Å². The van der Waals surface area contributed by atoms with Crippen LogP contribution >= 0.6 is 0 Å². The van der Waals surface area contributed by atoms with Crippen LogP contribution in [0.15, 0.2) is 24.3 Å². The van der Waals surface area contributed by atoms with E-state index >= 15 is 0 Å². The minimum Gasteiger partial charge on any atom is -0.343 e. The second kappa shape index (κ2) is 12.7. The van der Waals surface area contributed by atoms with Crippen LogP contribution in [0.3, 0.4) is 0 Å². The van der Waals surface area contributed by atoms with Gasteiger partial charge in [0.15, 0.2) is 5.78 Å². The molecule has 1 aromatic carbocycles. The molecule has 1 aliphatic heterocycles. The number of rotatable bonds is 12. The third kappa shape index (κ3) is 7.75. The highest BCUT2D eigenvalue weighted by Crippen LogP contribution is 2.14. The molecule has 2 rings (SSSR count). The number of aryl methyl sites for hydroxylation is 1. The maximum atomic E-state index is 12.5. The smallest absolute Gasteiger partial charge is 0.222 e. The number of likely N-dealkylation sites (tertiary alicyclic amines) is 1. The Hall–Kier alpha value is -1.68. The average molecular weight is 387 g/mol. The van der Waals surface area contributed by atoms with Crippen molar-refractivity contribution in [3.63, 3.8) is 0 Å². The standard InChI is InChI=1S/C24H38N2O2/c1-2-3-4-5-6-8-11-22(25)24(28)21-15-12-20(13-16-21)14-17-23(27)26-18-9-7-10-19-26/h12-13,15-16,22H,2-11,14,17-19,25H2,1H3. The van der Waals surface area contributed by atoms with E-state index in [0.717, 1.165) is 57.2 Å². The molecule has 0 radical (unpaired) electrons. The molecule has 0 aromatic heterocycles. The van der Waals surface area contributed by atoms with Crippen molar-refractivity contribution in [2.24, 2.45) is 5.73 Å². The van der Waals surface area contributed by atoms with Crippen molar-refractivity contribution >= 4 is 11.7 Å². The van der Waals surface area contributed by atoms with Crippen LogP contribution in [0.2, 0.25) is 0 Å². The van der Waals surface area contributed by atoms with Crippen LogP contribution in [0.25, 0.3) is 0 Å². The lowest BCUT2D eigenvalue weighted by molar-refractivity contribution is -0.132. The van der Waals surface area contributed by atoms with Gasteiger partial charge >= 0.3 is 0 Å². The Morgan fingerprint density at radius 2 is 1.61 bits per heavy atom. The molecule has 1 unspecified atom stereocenters. The van der Waals surface area contributed by atoms with Crippen LogP contribution in [0.1, 0.15) is 93.5 Å². The predicted octanol–water partition coefficient (Wildman–Crippen LogP) is 4.89. The normalized spacial score (nSPS) is 15.4. The Bertz CT molecular complexity index is 591. The van der Waals surface area contributed by atoms with Crippen LogP contribution in [0, 0.1) is 0 Å². The number of carbonyl (C=O) groups is 2. The number of hydrogen-bond donors (Lipinski definition) is 1. The first-order chi connectivity index (χ1) is 13.6. The van der Waals surface area contributed by atoms with Gasteiger partial charge in [0.1, 0.15) is 0 Å². The molecule has 1 saturated heterocycles. The number of Topliss-reactive ketones (excluding diaryl/α,β-unsaturated/α-hetero) is 1. The number of hydrogen-bond acceptors (Lipinski definition) is 3. The average Bonchev–Trinajstić information content (AvgIpc) is 2.74. The van der Waals surface area contributed by atoms with E-state index in [2.05, 4.69) is 6.92 Å². The van der Waals surface area contributed by atoms with Crippen molar-refractivity contribution in [1.82, 2.24) is 4.90 Å². The molecular formula is C24H38N2O2. The van der Waals surface area contributed by atoms with Crippen molar-refractivity contribution < 1.29 is 9.59 Å². The number of piperidine rings is 1. The summed E-state index contributed by atoms with van der Waals surface area (Å²) in [6.07, 6.45) is 12.8. The molecule has 28 heavy (non-hydrogen) atoms. The second-order valence-electron chi connectivity index (χ2n) is 8.17. The summed E-state index contributed by atoms with van der Waals surface area (Å²) >= 11 is 0. The largest absolute Gasteiger partial charge is 0.343 e. The first-order valence-electron chi connectivity index (χ1n) is 11.3. The highest BCUT2D eigenvalue weighted by Gasteiger charge is 2.17. The topological polar surface area (TPSA) is 63.4 Å². The van der Waals surface area contributed by atoms with Crippen molar-refractivity contribution in [2.75, 3.05) is 13.1 Å². The molecule has 1 fully saturated rings. The highest BCUT2D eigenvalue weighted by molar-refractivity contribution is 5.99. The zero-order chi connectivity index (χ0) is 20.2. The van der Waals surface area contributed by atoms with Crippen LogP contribution in [-0.4, -0.2) is 35.7 Å². The molecule has 4 nitrogen and oxygen atoms in total. The third-order valence-electron chi connectivity index (χ3n) is 5.78. The number of amides is 1. The molecule has 1 aliphatic rings. The Morgan fingerprint density at radius 1 is 0.964 bits per heavy atom. The minimum absolute atomic E-state index is 0.0319. The van der Waals surface area contributed by atoms with Crippen LogP contribution in [0.4, 0.5) is 0 Å². The summed E-state index contributed by atoms with van der Waals surface area (Å²) in [5.41, 5.74) is 7.90. The molecule has 1 heterocycles. The molecule has 2 N–H and O–H groups in total. The summed E-state index contributed by atoms with van der Waals surface area (Å²) in [4.78, 5) is 26.8. The van der Waals surface area contributed by atoms with E-state index in [4.69, 9.17) is 5.73 Å². The van der Waals surface area contributed by atoms with E-state index in [0.29, 0.717) is 12.0 Å². The SMILES string of the molecule is CCCCCCCCC(N)C(=O)c1ccc(CCC(=O)N2CCCCC2)cc1. The van der Waals surface area contributed by atoms with Gasteiger partial charge in [-0.05, 0) is 37.7 Å². The third-order valence-corrected chi connectivity index (χ3v) is 5.78. The van der Waals surface area contributed by atoms with E-state index in [1.807, 2.05) is 29.2 Å². The summed E-state index contributed by atoms with van der Waals surface area (Å²) in [5, 5.41) is 0. The molecule has 1 aromatic rings. The summed E-state index contributed by atoms with van der Waals surface area (Å²) < 4.78 is 0. The fourth-order valence-corrected chi connectivity index (χ4v) is 3.88. The van der Waals surface area contributed by atoms with Gasteiger partial charge in [-0.1, -0.05) is 69.7 Å². The fraction of sp³-hybridized carbons (Fsp3) is 0.667. The van der Waals surface area contributed by atoms with Crippen molar-refractivity contribution in [3.05, 3.63) is 35.4 Å². The van der Waals surface area contributed by atoms with Gasteiger partial charge in [0.05, 0.1) is 6.04 Å². The lowest BCUT2D eigenvalue weighted by atomic mass is 9.97. The van der Waals surface area contributed by atoms with E-state index in [9.17, 15) is 9.59 Å². The predicted molar refractivity (Wildman–Crippen MR) is 115 cm³/mol. The second-order valence-corrected chi connectivity index (χ2v) is 8.17. The zero-order valence-corrected chi connectivity index (χ0v) is 17.6. The van der Waals surface area contributed by atoms with Gasteiger partial charge in [-0.15, -0.1) is 0 Å². The van der Waals surface area contributed by atoms with Gasteiger partial charge in [0.2, 0.25) is 5.91 Å². The molecule has 1 amide bonds. The highest BCUT2D eigenvalue weighted by atomic mass is 16.2. The van der Waals surface area contributed by atoms with E-state index in [-0.39, 0.29) is 11.7 Å². The maximum Gasteiger partial charge on any atom is 0.222 e. The monoisotopic (exact) mass is 386 g/mol. The Morgan fingerprint density at radius 3 is 2.29 bits per heavy atom. The number of benzene rings is 1. The molecule has 156 valence electrons. The minimum atomic E-state index is -0.405. The van der Waals surface area contributed by atoms with Crippen LogP contribution < -0.4 is 5.73 Å². The molecule has 1 atom stereocenters. The Balaban J connectivity index is 1.71. The Kier molecular flexibility index (Phi) is 10.3. The Labute approximate surface area is 170 Å². The summed E-state index contributed by atoms with van der Waals surface area (Å²) in [5.74, 6) is 0.283. The lowest BCUT2D eigenvalue weighted by Gasteiger charge is -2.26. The van der Waals surface area contributed by atoms with Gasteiger partial charge in [-0.2, -0.15) is 0 Å². The lowest BCUT2D eigenvalue weighted by Crippen LogP contribution is -2.35. The quantitative estimate of drug-likeness (QED) is 0.411. The van der Waals surface area contributed by atoms with Gasteiger partial charge in [0, 0.05) is 25.1 Å². The van der Waals surface area contributed by atoms with Crippen molar-refractivity contribution in [2.45, 2.75) is 90.0 Å². The number of nitrogens with zero attached hydrogens (tertiary/aromatic N) is 1. The van der Waals surface area contributed by atoms with Crippen molar-refractivity contribution in [1.29, 1.82) is 0 Å². The van der Waals surface area contributed by atoms with Crippen LogP contribution in [-0.2, 0) is 11.2 Å².